The molecule has 0 unspecified atom stereocenters. The van der Waals surface area contributed by atoms with Gasteiger partial charge in [-0.3, -0.25) is 15.0 Å². The monoisotopic (exact) mass is 412 g/mol. The summed E-state index contributed by atoms with van der Waals surface area (Å²) >= 11 is 4.85. The average Bonchev–Trinajstić information content (AvgIpc) is 2.95. The minimum Gasteiger partial charge on any atom is -0.455 e. The number of benzene rings is 1. The van der Waals surface area contributed by atoms with Crippen LogP contribution in [0.25, 0.3) is 0 Å². The molecule has 0 saturated heterocycles. The lowest BCUT2D eigenvalue weighted by Gasteiger charge is -2.29. The van der Waals surface area contributed by atoms with Crippen LogP contribution in [-0.2, 0) is 6.42 Å². The fraction of sp³-hybridized carbons (Fsp3) is 0.333. The van der Waals surface area contributed by atoms with E-state index < -0.39 is 0 Å². The zero-order valence-electron chi connectivity index (χ0n) is 16.9. The Labute approximate surface area is 174 Å². The number of hydrazone groups is 1. The third-order valence-electron chi connectivity index (χ3n) is 4.85. The van der Waals surface area contributed by atoms with E-state index >= 15 is 0 Å². The van der Waals surface area contributed by atoms with Crippen LogP contribution in [0.1, 0.15) is 65.0 Å². The van der Waals surface area contributed by atoms with Crippen molar-refractivity contribution in [3.63, 3.8) is 0 Å². The zero-order valence-corrected chi connectivity index (χ0v) is 17.7. The van der Waals surface area contributed by atoms with Gasteiger partial charge in [0.25, 0.3) is 5.91 Å². The number of anilines is 1. The van der Waals surface area contributed by atoms with Crippen LogP contribution in [0, 0.1) is 12.3 Å². The Hall–Kier alpha value is -3.00. The molecule has 0 fully saturated rings. The number of hydrogen-bond donors (Lipinski definition) is 3. The second-order valence-corrected chi connectivity index (χ2v) is 8.43. The summed E-state index contributed by atoms with van der Waals surface area (Å²) in [6, 6.07) is 6.73. The lowest BCUT2D eigenvalue weighted by atomic mass is 9.75. The van der Waals surface area contributed by atoms with E-state index in [2.05, 4.69) is 29.7 Å². The second-order valence-electron chi connectivity index (χ2n) is 7.99. The van der Waals surface area contributed by atoms with E-state index in [0.29, 0.717) is 24.1 Å². The number of ketones is 1. The summed E-state index contributed by atoms with van der Waals surface area (Å²) in [6.45, 7) is 7.56. The Morgan fingerprint density at radius 2 is 1.86 bits per heavy atom. The van der Waals surface area contributed by atoms with Gasteiger partial charge in [0.05, 0.1) is 5.71 Å². The number of furan rings is 1. The van der Waals surface area contributed by atoms with Gasteiger partial charge >= 0.3 is 0 Å². The van der Waals surface area contributed by atoms with Crippen molar-refractivity contribution in [3.05, 3.63) is 52.5 Å². The van der Waals surface area contributed by atoms with Gasteiger partial charge in [0.1, 0.15) is 5.76 Å². The maximum Gasteiger partial charge on any atom is 0.291 e. The highest BCUT2D eigenvalue weighted by Crippen LogP contribution is 2.39. The minimum atomic E-state index is -0.355. The molecule has 1 aliphatic carbocycles. The van der Waals surface area contributed by atoms with E-state index in [1.807, 2.05) is 6.92 Å². The summed E-state index contributed by atoms with van der Waals surface area (Å²) in [6.07, 6.45) is 1.39. The van der Waals surface area contributed by atoms with Gasteiger partial charge in [-0.2, -0.15) is 5.10 Å². The number of nitrogens with one attached hydrogen (secondary N) is 2. The van der Waals surface area contributed by atoms with Gasteiger partial charge in [0.15, 0.2) is 16.7 Å². The van der Waals surface area contributed by atoms with Crippen LogP contribution in [0.15, 0.2) is 33.8 Å². The molecular weight excluding hydrogens is 388 g/mol. The van der Waals surface area contributed by atoms with Crippen molar-refractivity contribution < 1.29 is 14.0 Å². The maximum atomic E-state index is 12.8. The summed E-state index contributed by atoms with van der Waals surface area (Å²) in [5.41, 5.74) is 11.5. The lowest BCUT2D eigenvalue weighted by molar-refractivity contribution is 0.0991. The topological polar surface area (TPSA) is 110 Å². The first kappa shape index (κ1) is 20.7. The van der Waals surface area contributed by atoms with Crippen LogP contribution in [0.5, 0.6) is 0 Å². The van der Waals surface area contributed by atoms with Crippen LogP contribution >= 0.6 is 12.2 Å². The van der Waals surface area contributed by atoms with Gasteiger partial charge in [0.2, 0.25) is 0 Å². The summed E-state index contributed by atoms with van der Waals surface area (Å²) in [4.78, 5) is 24.2. The predicted molar refractivity (Wildman–Crippen MR) is 116 cm³/mol. The van der Waals surface area contributed by atoms with Crippen LogP contribution in [-0.4, -0.2) is 22.5 Å². The van der Waals surface area contributed by atoms with E-state index in [4.69, 9.17) is 22.4 Å². The van der Waals surface area contributed by atoms with Crippen molar-refractivity contribution in [2.24, 2.45) is 16.3 Å². The average molecular weight is 413 g/mol. The number of Topliss-reactive ketones (excluding diaryl/α,β-unsaturated/α-hetero) is 1. The van der Waals surface area contributed by atoms with Crippen molar-refractivity contribution in [3.8, 4) is 0 Å². The Balaban J connectivity index is 1.91. The Kier molecular flexibility index (Phi) is 5.57. The van der Waals surface area contributed by atoms with Gasteiger partial charge in [-0.05, 0) is 62.2 Å². The summed E-state index contributed by atoms with van der Waals surface area (Å²) in [5.74, 6) is 0.579. The molecule has 152 valence electrons. The third kappa shape index (κ3) is 4.54. The number of carbonyl (C=O) groups excluding carboxylic acids is 2. The van der Waals surface area contributed by atoms with Crippen LogP contribution < -0.4 is 16.5 Å². The fourth-order valence-corrected chi connectivity index (χ4v) is 3.57. The Bertz CT molecular complexity index is 1020. The number of rotatable bonds is 4. The van der Waals surface area contributed by atoms with Crippen molar-refractivity contribution >= 4 is 40.4 Å². The van der Waals surface area contributed by atoms with E-state index in [9.17, 15) is 9.59 Å². The van der Waals surface area contributed by atoms with Crippen LogP contribution in [0.4, 0.5) is 5.69 Å². The molecule has 8 heteroatoms. The summed E-state index contributed by atoms with van der Waals surface area (Å²) in [7, 11) is 0. The van der Waals surface area contributed by atoms with E-state index in [1.54, 1.807) is 24.3 Å². The highest BCUT2D eigenvalue weighted by Gasteiger charge is 2.36. The van der Waals surface area contributed by atoms with Gasteiger partial charge < -0.3 is 15.5 Å². The quantitative estimate of drug-likeness (QED) is 0.402. The molecule has 0 saturated carbocycles. The molecule has 3 rings (SSSR count). The number of carbonyl (C=O) groups is 2. The molecule has 1 aliphatic rings. The van der Waals surface area contributed by atoms with Gasteiger partial charge in [-0.1, -0.05) is 13.8 Å². The number of nitrogens with zero attached hydrogens (tertiary/aromatic N) is 1. The van der Waals surface area contributed by atoms with Crippen molar-refractivity contribution in [2.75, 3.05) is 5.32 Å². The van der Waals surface area contributed by atoms with Gasteiger partial charge in [-0.25, -0.2) is 0 Å². The highest BCUT2D eigenvalue weighted by molar-refractivity contribution is 7.80. The smallest absolute Gasteiger partial charge is 0.291 e. The molecular formula is C21H24N4O3S. The second kappa shape index (κ2) is 7.79. The molecule has 1 amide bonds. The standard InChI is InChI=1S/C21H24N4O3S/c1-11-17-15(24-25-20(22)29)9-21(3,4)10-16(17)28-18(11)19(27)23-14-7-5-13(6-8-14)12(2)26/h5-8H,9-10H2,1-4H3,(H,23,27)(H3,22,25,29)/b24-15-. The summed E-state index contributed by atoms with van der Waals surface area (Å²) < 4.78 is 5.97. The number of thiocarbonyl (C=S) groups is 1. The normalized spacial score (nSPS) is 16.2. The van der Waals surface area contributed by atoms with Gasteiger partial charge in [0, 0.05) is 28.8 Å². The third-order valence-corrected chi connectivity index (χ3v) is 4.94. The molecule has 1 aromatic heterocycles. The fourth-order valence-electron chi connectivity index (χ4n) is 3.52. The molecule has 1 aromatic carbocycles. The molecule has 0 bridgehead atoms. The highest BCUT2D eigenvalue weighted by atomic mass is 32.1. The van der Waals surface area contributed by atoms with Crippen molar-refractivity contribution in [2.45, 2.75) is 40.5 Å². The molecule has 0 aliphatic heterocycles. The van der Waals surface area contributed by atoms with Crippen molar-refractivity contribution in [1.29, 1.82) is 0 Å². The molecule has 4 N–H and O–H groups in total. The van der Waals surface area contributed by atoms with Crippen LogP contribution in [0.3, 0.4) is 0 Å². The Morgan fingerprint density at radius 3 is 2.45 bits per heavy atom. The zero-order chi connectivity index (χ0) is 21.3. The van der Waals surface area contributed by atoms with Gasteiger partial charge in [-0.15, -0.1) is 0 Å². The Morgan fingerprint density at radius 1 is 1.21 bits per heavy atom. The first-order chi connectivity index (χ1) is 13.6. The largest absolute Gasteiger partial charge is 0.455 e. The molecule has 0 atom stereocenters. The molecule has 1 heterocycles. The van der Waals surface area contributed by atoms with E-state index in [1.165, 1.54) is 6.92 Å². The predicted octanol–water partition coefficient (Wildman–Crippen LogP) is 3.55. The number of amides is 1. The molecule has 2 aromatic rings. The first-order valence-electron chi connectivity index (χ1n) is 9.24. The molecule has 29 heavy (non-hydrogen) atoms. The molecule has 0 spiro atoms. The SMILES string of the molecule is CC(=O)c1ccc(NC(=O)c2oc3c(c2C)/C(=N\NC(N)=S)CC(C)(C)C3)cc1. The summed E-state index contributed by atoms with van der Waals surface area (Å²) in [5, 5.41) is 7.24. The van der Waals surface area contributed by atoms with Crippen molar-refractivity contribution in [1.82, 2.24) is 5.43 Å². The lowest BCUT2D eigenvalue weighted by Crippen LogP contribution is -2.31. The molecule has 0 radical (unpaired) electrons. The van der Waals surface area contributed by atoms with E-state index in [-0.39, 0.29) is 28.0 Å². The molecule has 7 nitrogen and oxygen atoms in total. The van der Waals surface area contributed by atoms with Crippen LogP contribution in [0.2, 0.25) is 0 Å². The minimum absolute atomic E-state index is 0.0302. The van der Waals surface area contributed by atoms with E-state index in [0.717, 1.165) is 22.6 Å². The number of hydrogen-bond acceptors (Lipinski definition) is 5. The number of nitrogens with two attached hydrogens (primary N) is 1. The first-order valence-corrected chi connectivity index (χ1v) is 9.65. The maximum absolute atomic E-state index is 12.8. The number of fused-ring (bicyclic) bond motifs is 1.